The number of furan rings is 1. The highest BCUT2D eigenvalue weighted by atomic mass is 16.3. The SMILES string of the molecule is CCNC(=O)c1ccoc1. The molecule has 0 spiro atoms. The van der Waals surface area contributed by atoms with Crippen LogP contribution >= 0.6 is 0 Å². The Morgan fingerprint density at radius 3 is 3.10 bits per heavy atom. The van der Waals surface area contributed by atoms with E-state index in [1.165, 1.54) is 12.5 Å². The lowest BCUT2D eigenvalue weighted by molar-refractivity contribution is 0.0955. The molecule has 0 aliphatic heterocycles. The largest absolute Gasteiger partial charge is 0.472 e. The Morgan fingerprint density at radius 1 is 1.80 bits per heavy atom. The van der Waals surface area contributed by atoms with Crippen LogP contribution in [0.4, 0.5) is 0 Å². The van der Waals surface area contributed by atoms with Crippen LogP contribution < -0.4 is 5.32 Å². The molecule has 1 rings (SSSR count). The van der Waals surface area contributed by atoms with E-state index >= 15 is 0 Å². The molecule has 0 aliphatic rings. The molecular formula is C7H9NO2. The van der Waals surface area contributed by atoms with E-state index in [-0.39, 0.29) is 5.91 Å². The number of hydrogen-bond acceptors (Lipinski definition) is 2. The van der Waals surface area contributed by atoms with Crippen molar-refractivity contribution in [2.75, 3.05) is 6.54 Å². The predicted molar refractivity (Wildman–Crippen MR) is 36.7 cm³/mol. The highest BCUT2D eigenvalue weighted by molar-refractivity contribution is 5.93. The van der Waals surface area contributed by atoms with Gasteiger partial charge < -0.3 is 9.73 Å². The van der Waals surface area contributed by atoms with Gasteiger partial charge in [0.05, 0.1) is 11.8 Å². The highest BCUT2D eigenvalue weighted by Crippen LogP contribution is 1.98. The van der Waals surface area contributed by atoms with Gasteiger partial charge in [-0.25, -0.2) is 0 Å². The van der Waals surface area contributed by atoms with E-state index in [1.807, 2.05) is 6.92 Å². The zero-order chi connectivity index (χ0) is 7.40. The van der Waals surface area contributed by atoms with Crippen LogP contribution in [0.3, 0.4) is 0 Å². The first-order valence-electron chi connectivity index (χ1n) is 3.15. The molecule has 0 aromatic carbocycles. The van der Waals surface area contributed by atoms with Gasteiger partial charge in [0.25, 0.3) is 5.91 Å². The number of rotatable bonds is 2. The molecule has 0 unspecified atom stereocenters. The summed E-state index contributed by atoms with van der Waals surface area (Å²) in [6.07, 6.45) is 2.90. The normalized spacial score (nSPS) is 9.30. The van der Waals surface area contributed by atoms with Crippen molar-refractivity contribution in [3.8, 4) is 0 Å². The minimum Gasteiger partial charge on any atom is -0.472 e. The van der Waals surface area contributed by atoms with Gasteiger partial charge in [0.1, 0.15) is 6.26 Å². The maximum atomic E-state index is 10.9. The summed E-state index contributed by atoms with van der Waals surface area (Å²) in [4.78, 5) is 10.9. The van der Waals surface area contributed by atoms with Gasteiger partial charge in [0, 0.05) is 6.54 Å². The van der Waals surface area contributed by atoms with E-state index < -0.39 is 0 Å². The fourth-order valence-electron chi connectivity index (χ4n) is 0.656. The van der Waals surface area contributed by atoms with Crippen molar-refractivity contribution in [2.45, 2.75) is 6.92 Å². The third-order valence-corrected chi connectivity index (χ3v) is 1.12. The van der Waals surface area contributed by atoms with Gasteiger partial charge >= 0.3 is 0 Å². The summed E-state index contributed by atoms with van der Waals surface area (Å²) in [5.74, 6) is -0.0868. The smallest absolute Gasteiger partial charge is 0.254 e. The lowest BCUT2D eigenvalue weighted by Gasteiger charge is -1.95. The van der Waals surface area contributed by atoms with Crippen LogP contribution in [0.1, 0.15) is 17.3 Å². The van der Waals surface area contributed by atoms with Crippen LogP contribution in [-0.4, -0.2) is 12.5 Å². The Labute approximate surface area is 59.0 Å². The number of hydrogen-bond donors (Lipinski definition) is 1. The van der Waals surface area contributed by atoms with Crippen molar-refractivity contribution in [1.82, 2.24) is 5.32 Å². The molecule has 0 saturated carbocycles. The quantitative estimate of drug-likeness (QED) is 0.664. The topological polar surface area (TPSA) is 42.2 Å². The van der Waals surface area contributed by atoms with Crippen LogP contribution in [0, 0.1) is 0 Å². The molecule has 0 aliphatic carbocycles. The van der Waals surface area contributed by atoms with E-state index in [1.54, 1.807) is 6.07 Å². The molecule has 0 saturated heterocycles. The summed E-state index contributed by atoms with van der Waals surface area (Å²) in [5.41, 5.74) is 0.571. The first kappa shape index (κ1) is 6.86. The van der Waals surface area contributed by atoms with Gasteiger partial charge in [0.2, 0.25) is 0 Å². The van der Waals surface area contributed by atoms with Crippen molar-refractivity contribution < 1.29 is 9.21 Å². The van der Waals surface area contributed by atoms with E-state index in [9.17, 15) is 4.79 Å². The fraction of sp³-hybridized carbons (Fsp3) is 0.286. The van der Waals surface area contributed by atoms with Crippen molar-refractivity contribution in [1.29, 1.82) is 0 Å². The van der Waals surface area contributed by atoms with Gasteiger partial charge in [-0.05, 0) is 13.0 Å². The van der Waals surface area contributed by atoms with Gasteiger partial charge in [-0.2, -0.15) is 0 Å². The molecule has 3 nitrogen and oxygen atoms in total. The van der Waals surface area contributed by atoms with Gasteiger partial charge in [-0.1, -0.05) is 0 Å². The first-order chi connectivity index (χ1) is 4.84. The maximum absolute atomic E-state index is 10.9. The lowest BCUT2D eigenvalue weighted by atomic mass is 10.3. The van der Waals surface area contributed by atoms with Crippen LogP contribution in [0.15, 0.2) is 23.0 Å². The standard InChI is InChI=1S/C7H9NO2/c1-2-8-7(9)6-3-4-10-5-6/h3-5H,2H2,1H3,(H,8,9). The molecule has 0 bridgehead atoms. The number of carbonyl (C=O) groups is 1. The molecule has 10 heavy (non-hydrogen) atoms. The summed E-state index contributed by atoms with van der Waals surface area (Å²) in [7, 11) is 0. The molecule has 54 valence electrons. The minimum atomic E-state index is -0.0868. The third-order valence-electron chi connectivity index (χ3n) is 1.12. The van der Waals surface area contributed by atoms with Crippen LogP contribution in [-0.2, 0) is 0 Å². The first-order valence-corrected chi connectivity index (χ1v) is 3.15. The summed E-state index contributed by atoms with van der Waals surface area (Å²) in [5, 5.41) is 2.65. The molecule has 0 atom stereocenters. The van der Waals surface area contributed by atoms with Gasteiger partial charge in [-0.3, -0.25) is 4.79 Å². The molecule has 0 radical (unpaired) electrons. The molecule has 1 N–H and O–H groups in total. The highest BCUT2D eigenvalue weighted by Gasteiger charge is 2.02. The summed E-state index contributed by atoms with van der Waals surface area (Å²) in [6, 6.07) is 1.63. The zero-order valence-electron chi connectivity index (χ0n) is 5.76. The molecule has 1 aromatic rings. The summed E-state index contributed by atoms with van der Waals surface area (Å²) < 4.78 is 4.72. The van der Waals surface area contributed by atoms with Crippen LogP contribution in [0.5, 0.6) is 0 Å². The second kappa shape index (κ2) is 3.06. The van der Waals surface area contributed by atoms with E-state index in [0.717, 1.165) is 0 Å². The Balaban J connectivity index is 2.59. The predicted octanol–water partition coefficient (Wildman–Crippen LogP) is 1.03. The van der Waals surface area contributed by atoms with Crippen molar-refractivity contribution >= 4 is 5.91 Å². The third kappa shape index (κ3) is 1.37. The number of carbonyl (C=O) groups excluding carboxylic acids is 1. The number of amides is 1. The summed E-state index contributed by atoms with van der Waals surface area (Å²) in [6.45, 7) is 2.52. The van der Waals surface area contributed by atoms with E-state index in [0.29, 0.717) is 12.1 Å². The second-order valence-electron chi connectivity index (χ2n) is 1.87. The van der Waals surface area contributed by atoms with Crippen molar-refractivity contribution in [3.63, 3.8) is 0 Å². The second-order valence-corrected chi connectivity index (χ2v) is 1.87. The number of nitrogens with one attached hydrogen (secondary N) is 1. The van der Waals surface area contributed by atoms with E-state index in [2.05, 4.69) is 5.32 Å². The molecule has 1 amide bonds. The molecule has 3 heteroatoms. The Kier molecular flexibility index (Phi) is 2.10. The van der Waals surface area contributed by atoms with E-state index in [4.69, 9.17) is 4.42 Å². The van der Waals surface area contributed by atoms with Gasteiger partial charge in [0.15, 0.2) is 0 Å². The van der Waals surface area contributed by atoms with Gasteiger partial charge in [-0.15, -0.1) is 0 Å². The summed E-state index contributed by atoms with van der Waals surface area (Å²) >= 11 is 0. The van der Waals surface area contributed by atoms with Crippen molar-refractivity contribution in [2.24, 2.45) is 0 Å². The molecular weight excluding hydrogens is 130 g/mol. The Bertz CT molecular complexity index is 203. The zero-order valence-corrected chi connectivity index (χ0v) is 5.76. The minimum absolute atomic E-state index is 0.0868. The molecule has 0 fully saturated rings. The molecule has 1 heterocycles. The Morgan fingerprint density at radius 2 is 2.60 bits per heavy atom. The average Bonchev–Trinajstić information content (AvgIpc) is 2.38. The van der Waals surface area contributed by atoms with Crippen molar-refractivity contribution in [3.05, 3.63) is 24.2 Å². The van der Waals surface area contributed by atoms with Crippen LogP contribution in [0.25, 0.3) is 0 Å². The van der Waals surface area contributed by atoms with Crippen LogP contribution in [0.2, 0.25) is 0 Å². The molecule has 1 aromatic heterocycles. The maximum Gasteiger partial charge on any atom is 0.254 e. The fourth-order valence-corrected chi connectivity index (χ4v) is 0.656. The monoisotopic (exact) mass is 139 g/mol. The Hall–Kier alpha value is -1.25. The lowest BCUT2D eigenvalue weighted by Crippen LogP contribution is -2.21. The average molecular weight is 139 g/mol.